The number of hydrogen-bond acceptors (Lipinski definition) is 4. The van der Waals surface area contributed by atoms with Crippen LogP contribution in [-0.2, 0) is 19.6 Å². The summed E-state index contributed by atoms with van der Waals surface area (Å²) in [5.74, 6) is -1.98. The number of halogens is 1. The van der Waals surface area contributed by atoms with Crippen LogP contribution in [0.1, 0.15) is 0 Å². The Morgan fingerprint density at radius 3 is 2.12 bits per heavy atom. The maximum atomic E-state index is 12.7. The Morgan fingerprint density at radius 2 is 1.50 bits per heavy atom. The van der Waals surface area contributed by atoms with E-state index in [1.807, 2.05) is 0 Å². The van der Waals surface area contributed by atoms with E-state index in [1.54, 1.807) is 24.3 Å². The number of anilines is 1. The first-order valence-corrected chi connectivity index (χ1v) is 8.92. The van der Waals surface area contributed by atoms with E-state index in [0.29, 0.717) is 5.69 Å². The topological polar surface area (TPSA) is 96.2 Å². The molecule has 122 valence electrons. The fourth-order valence-corrected chi connectivity index (χ4v) is 3.59. The average Bonchev–Trinajstić information content (AvgIpc) is 2.55. The van der Waals surface area contributed by atoms with Crippen molar-refractivity contribution in [3.63, 3.8) is 0 Å². The number of carbonyl (C=O) groups excluding carboxylic acids is 2. The molecule has 2 amide bonds. The zero-order valence-corrected chi connectivity index (χ0v) is 14.7. The van der Waals surface area contributed by atoms with Gasteiger partial charge in [-0.25, -0.2) is 18.4 Å². The van der Waals surface area contributed by atoms with Gasteiger partial charge in [0, 0.05) is 11.5 Å². The molecule has 2 aromatic rings. The van der Waals surface area contributed by atoms with E-state index in [2.05, 4.69) is 25.9 Å². The summed E-state index contributed by atoms with van der Waals surface area (Å²) in [7, 11) is -2.42. The van der Waals surface area contributed by atoms with Gasteiger partial charge >= 0.3 is 11.8 Å². The summed E-state index contributed by atoms with van der Waals surface area (Å²) in [6, 6.07) is 10.7. The van der Waals surface area contributed by atoms with Gasteiger partial charge in [0.1, 0.15) is 0 Å². The Morgan fingerprint density at radius 1 is 0.917 bits per heavy atom. The van der Waals surface area contributed by atoms with Crippen LogP contribution in [0.4, 0.5) is 5.69 Å². The first-order valence-electron chi connectivity index (χ1n) is 6.69. The summed E-state index contributed by atoms with van der Waals surface area (Å²) < 4.78 is 27.4. The highest BCUT2D eigenvalue weighted by atomic mass is 79.9. The van der Waals surface area contributed by atoms with Crippen LogP contribution in [0.15, 0.2) is 61.8 Å². The van der Waals surface area contributed by atoms with Crippen LogP contribution < -0.4 is 15.0 Å². The van der Waals surface area contributed by atoms with Gasteiger partial charge in [0.15, 0.2) is 0 Å². The van der Waals surface area contributed by atoms with Crippen molar-refractivity contribution in [2.24, 2.45) is 9.98 Å². The van der Waals surface area contributed by atoms with Crippen LogP contribution in [0.3, 0.4) is 0 Å². The van der Waals surface area contributed by atoms with Crippen molar-refractivity contribution in [2.75, 3.05) is 11.4 Å². The zero-order chi connectivity index (χ0) is 17.5. The Balaban J connectivity index is 2.08. The molecular formula is C15H10BrN3O4S. The number of benzene rings is 2. The lowest BCUT2D eigenvalue weighted by atomic mass is 10.3. The van der Waals surface area contributed by atoms with Crippen LogP contribution >= 0.6 is 15.9 Å². The number of sulfonamides is 1. The van der Waals surface area contributed by atoms with Crippen molar-refractivity contribution in [3.05, 3.63) is 57.7 Å². The van der Waals surface area contributed by atoms with E-state index in [-0.39, 0.29) is 15.6 Å². The van der Waals surface area contributed by atoms with Crippen molar-refractivity contribution in [1.29, 1.82) is 0 Å². The molecule has 7 nitrogen and oxygen atoms in total. The van der Waals surface area contributed by atoms with E-state index in [1.165, 1.54) is 25.2 Å². The molecule has 3 rings (SSSR count). The van der Waals surface area contributed by atoms with Gasteiger partial charge in [-0.2, -0.15) is 0 Å². The van der Waals surface area contributed by atoms with Gasteiger partial charge in [-0.3, -0.25) is 13.9 Å². The number of rotatable bonds is 3. The maximum absolute atomic E-state index is 12.7. The molecule has 0 radical (unpaired) electrons. The fraction of sp³-hybridized carbons (Fsp3) is 0.0667. The minimum atomic E-state index is -3.85. The van der Waals surface area contributed by atoms with Crippen LogP contribution in [0.2, 0.25) is 0 Å². The molecule has 1 heterocycles. The number of hydrogen-bond donors (Lipinski definition) is 0. The first kappa shape index (κ1) is 16.5. The molecule has 0 atom stereocenters. The molecule has 0 unspecified atom stereocenters. The first-order chi connectivity index (χ1) is 11.3. The molecule has 0 aliphatic carbocycles. The highest BCUT2D eigenvalue weighted by molar-refractivity contribution is 9.10. The highest BCUT2D eigenvalue weighted by Crippen LogP contribution is 2.22. The lowest BCUT2D eigenvalue weighted by Crippen LogP contribution is -2.36. The molecule has 0 saturated carbocycles. The van der Waals surface area contributed by atoms with Gasteiger partial charge in [0.2, 0.25) is 0 Å². The number of fused-ring (bicyclic) bond motifs is 1. The van der Waals surface area contributed by atoms with Gasteiger partial charge in [-0.05, 0) is 42.5 Å². The monoisotopic (exact) mass is 407 g/mol. The maximum Gasteiger partial charge on any atom is 0.338 e. The third kappa shape index (κ3) is 2.87. The molecule has 9 heteroatoms. The standard InChI is InChI=1S/C15H10BrN3O4S/c1-19(10-4-2-9(16)3-5-10)24(22,23)11-6-7-12-13(8-11)18-15(21)14(20)17-12/h2-8H,1H3. The largest absolute Gasteiger partial charge is 0.338 e. The van der Waals surface area contributed by atoms with Gasteiger partial charge in [0.05, 0.1) is 21.3 Å². The smallest absolute Gasteiger partial charge is 0.269 e. The van der Waals surface area contributed by atoms with Crippen molar-refractivity contribution in [1.82, 2.24) is 0 Å². The van der Waals surface area contributed by atoms with Crippen LogP contribution in [0.5, 0.6) is 0 Å². The van der Waals surface area contributed by atoms with Crippen molar-refractivity contribution in [2.45, 2.75) is 4.90 Å². The highest BCUT2D eigenvalue weighted by Gasteiger charge is 2.23. The Hall–Kier alpha value is -2.39. The van der Waals surface area contributed by atoms with E-state index in [4.69, 9.17) is 0 Å². The van der Waals surface area contributed by atoms with Gasteiger partial charge in [0.25, 0.3) is 10.0 Å². The summed E-state index contributed by atoms with van der Waals surface area (Å²) in [5.41, 5.74) is 0.476. The van der Waals surface area contributed by atoms with E-state index < -0.39 is 21.8 Å². The molecule has 2 aromatic carbocycles. The Labute approximate surface area is 145 Å². The second-order valence-corrected chi connectivity index (χ2v) is 7.82. The van der Waals surface area contributed by atoms with Crippen molar-refractivity contribution < 1.29 is 18.0 Å². The minimum absolute atomic E-state index is 0.0484. The average molecular weight is 408 g/mol. The molecule has 0 saturated heterocycles. The SMILES string of the molecule is CN(c1ccc(Br)cc1)S(=O)(=O)c1ccc2c(c1)=NC(=O)C(=O)N=2. The molecular weight excluding hydrogens is 398 g/mol. The van der Waals surface area contributed by atoms with Crippen molar-refractivity contribution >= 4 is 43.5 Å². The number of carbonyl (C=O) groups is 2. The zero-order valence-electron chi connectivity index (χ0n) is 12.3. The van der Waals surface area contributed by atoms with Crippen LogP contribution in [0, 0.1) is 0 Å². The van der Waals surface area contributed by atoms with Gasteiger partial charge < -0.3 is 0 Å². The molecule has 1 aliphatic heterocycles. The third-order valence-electron chi connectivity index (χ3n) is 3.42. The second-order valence-electron chi connectivity index (χ2n) is 4.93. The summed E-state index contributed by atoms with van der Waals surface area (Å²) >= 11 is 3.29. The van der Waals surface area contributed by atoms with Gasteiger partial charge in [-0.1, -0.05) is 15.9 Å². The van der Waals surface area contributed by atoms with Crippen LogP contribution in [0.25, 0.3) is 0 Å². The Kier molecular flexibility index (Phi) is 4.06. The van der Waals surface area contributed by atoms with Crippen LogP contribution in [-0.4, -0.2) is 27.3 Å². The summed E-state index contributed by atoms with van der Waals surface area (Å²) in [6.07, 6.45) is 0. The Bertz CT molecular complexity index is 1080. The number of nitrogens with zero attached hydrogens (tertiary/aromatic N) is 3. The molecule has 24 heavy (non-hydrogen) atoms. The molecule has 0 bridgehead atoms. The lowest BCUT2D eigenvalue weighted by Gasteiger charge is -2.19. The fourth-order valence-electron chi connectivity index (χ4n) is 2.11. The summed E-state index contributed by atoms with van der Waals surface area (Å²) in [4.78, 5) is 29.6. The molecule has 0 aromatic heterocycles. The minimum Gasteiger partial charge on any atom is -0.269 e. The molecule has 1 aliphatic rings. The van der Waals surface area contributed by atoms with Crippen molar-refractivity contribution in [3.8, 4) is 0 Å². The lowest BCUT2D eigenvalue weighted by molar-refractivity contribution is -0.135. The quantitative estimate of drug-likeness (QED) is 0.695. The molecule has 0 fully saturated rings. The number of amides is 2. The second kappa shape index (κ2) is 5.91. The van der Waals surface area contributed by atoms with E-state index in [9.17, 15) is 18.0 Å². The third-order valence-corrected chi connectivity index (χ3v) is 5.73. The van der Waals surface area contributed by atoms with E-state index >= 15 is 0 Å². The predicted molar refractivity (Wildman–Crippen MR) is 88.5 cm³/mol. The summed E-state index contributed by atoms with van der Waals surface area (Å²) in [6.45, 7) is 0. The molecule has 0 N–H and O–H groups in total. The summed E-state index contributed by atoms with van der Waals surface area (Å²) in [5, 5.41) is 0.231. The van der Waals surface area contributed by atoms with Gasteiger partial charge in [-0.15, -0.1) is 0 Å². The predicted octanol–water partition coefficient (Wildman–Crippen LogP) is 0.580. The van der Waals surface area contributed by atoms with E-state index in [0.717, 1.165) is 8.78 Å². The molecule has 0 spiro atoms. The normalized spacial score (nSPS) is 13.8.